The van der Waals surface area contributed by atoms with Crippen LogP contribution in [0, 0.1) is 0 Å². The molecule has 1 aromatic carbocycles. The van der Waals surface area contributed by atoms with E-state index in [0.29, 0.717) is 25.6 Å². The molecule has 0 aliphatic carbocycles. The summed E-state index contributed by atoms with van der Waals surface area (Å²) in [5.74, 6) is 1.98. The molecule has 0 atom stereocenters. The molecule has 0 bridgehead atoms. The second-order valence-electron chi connectivity index (χ2n) is 5.08. The van der Waals surface area contributed by atoms with Crippen molar-refractivity contribution in [1.29, 1.82) is 0 Å². The summed E-state index contributed by atoms with van der Waals surface area (Å²) in [7, 11) is 3.23. The molecule has 3 N–H and O–H groups in total. The standard InChI is InChI=1S/C17H28N4O3/c1-5-9-19-16(22)12-21-17(18-6-2)20-11-13-7-8-14(23-3)10-15(13)24-4/h7-8,10H,5-6,9,11-12H2,1-4H3,(H,19,22)(H2,18,20,21). The van der Waals surface area contributed by atoms with Gasteiger partial charge < -0.3 is 25.4 Å². The Kier molecular flexibility index (Phi) is 9.11. The summed E-state index contributed by atoms with van der Waals surface area (Å²) >= 11 is 0. The maximum atomic E-state index is 11.7. The van der Waals surface area contributed by atoms with E-state index in [1.54, 1.807) is 14.2 Å². The Morgan fingerprint density at radius 3 is 2.54 bits per heavy atom. The number of carbonyl (C=O) groups excluding carboxylic acids is 1. The van der Waals surface area contributed by atoms with Gasteiger partial charge in [0.15, 0.2) is 5.96 Å². The smallest absolute Gasteiger partial charge is 0.239 e. The first-order valence-corrected chi connectivity index (χ1v) is 8.14. The molecule has 0 heterocycles. The van der Waals surface area contributed by atoms with Gasteiger partial charge in [-0.05, 0) is 25.5 Å². The van der Waals surface area contributed by atoms with Gasteiger partial charge in [-0.3, -0.25) is 4.79 Å². The van der Waals surface area contributed by atoms with Crippen molar-refractivity contribution in [3.8, 4) is 11.5 Å². The van der Waals surface area contributed by atoms with Gasteiger partial charge in [0.1, 0.15) is 11.5 Å². The number of hydrogen-bond acceptors (Lipinski definition) is 4. The van der Waals surface area contributed by atoms with E-state index in [-0.39, 0.29) is 12.5 Å². The van der Waals surface area contributed by atoms with Crippen LogP contribution < -0.4 is 25.4 Å². The molecule has 7 heteroatoms. The van der Waals surface area contributed by atoms with Crippen molar-refractivity contribution in [3.63, 3.8) is 0 Å². The third-order valence-corrected chi connectivity index (χ3v) is 3.23. The Hall–Kier alpha value is -2.44. The molecule has 0 unspecified atom stereocenters. The molecule has 1 aromatic rings. The number of carbonyl (C=O) groups is 1. The minimum absolute atomic E-state index is 0.0514. The molecule has 0 saturated heterocycles. The highest BCUT2D eigenvalue weighted by molar-refractivity contribution is 5.86. The fourth-order valence-electron chi connectivity index (χ4n) is 1.98. The van der Waals surface area contributed by atoms with Crippen molar-refractivity contribution in [2.45, 2.75) is 26.8 Å². The predicted octanol–water partition coefficient (Wildman–Crippen LogP) is 1.29. The molecular formula is C17H28N4O3. The second kappa shape index (κ2) is 11.2. The topological polar surface area (TPSA) is 84.0 Å². The zero-order chi connectivity index (χ0) is 17.8. The second-order valence-corrected chi connectivity index (χ2v) is 5.08. The molecule has 7 nitrogen and oxygen atoms in total. The Balaban J connectivity index is 2.70. The summed E-state index contributed by atoms with van der Waals surface area (Å²) in [6.45, 7) is 5.99. The Morgan fingerprint density at radius 2 is 1.92 bits per heavy atom. The number of amides is 1. The molecule has 0 spiro atoms. The lowest BCUT2D eigenvalue weighted by molar-refractivity contribution is -0.120. The molecule has 0 aliphatic heterocycles. The molecule has 0 radical (unpaired) electrons. The summed E-state index contributed by atoms with van der Waals surface area (Å²) in [6.07, 6.45) is 0.914. The average molecular weight is 336 g/mol. The Labute approximate surface area is 143 Å². The van der Waals surface area contributed by atoms with Crippen LogP contribution in [-0.2, 0) is 11.3 Å². The first-order chi connectivity index (χ1) is 11.6. The van der Waals surface area contributed by atoms with Crippen LogP contribution in [0.25, 0.3) is 0 Å². The number of nitrogens with one attached hydrogen (secondary N) is 3. The molecule has 134 valence electrons. The summed E-state index contributed by atoms with van der Waals surface area (Å²) < 4.78 is 10.6. The zero-order valence-electron chi connectivity index (χ0n) is 14.9. The van der Waals surface area contributed by atoms with Crippen molar-refractivity contribution in [2.24, 2.45) is 4.99 Å². The Bertz CT molecular complexity index is 547. The van der Waals surface area contributed by atoms with E-state index in [2.05, 4.69) is 20.9 Å². The predicted molar refractivity (Wildman–Crippen MR) is 95.7 cm³/mol. The van der Waals surface area contributed by atoms with Crippen LogP contribution in [-0.4, -0.2) is 45.7 Å². The lowest BCUT2D eigenvalue weighted by Crippen LogP contribution is -2.43. The van der Waals surface area contributed by atoms with Gasteiger partial charge in [-0.25, -0.2) is 4.99 Å². The molecule has 0 fully saturated rings. The lowest BCUT2D eigenvalue weighted by atomic mass is 10.2. The van der Waals surface area contributed by atoms with E-state index in [4.69, 9.17) is 9.47 Å². The molecule has 0 aromatic heterocycles. The SMILES string of the molecule is CCCNC(=O)CNC(=NCc1ccc(OC)cc1OC)NCC. The third kappa shape index (κ3) is 6.76. The number of hydrogen-bond donors (Lipinski definition) is 3. The fraction of sp³-hybridized carbons (Fsp3) is 0.529. The van der Waals surface area contributed by atoms with Gasteiger partial charge in [0, 0.05) is 24.7 Å². The molecule has 1 rings (SSSR count). The quantitative estimate of drug-likeness (QED) is 0.467. The van der Waals surface area contributed by atoms with Crippen molar-refractivity contribution >= 4 is 11.9 Å². The van der Waals surface area contributed by atoms with E-state index in [1.165, 1.54) is 0 Å². The van der Waals surface area contributed by atoms with Gasteiger partial charge in [0.2, 0.25) is 5.91 Å². The number of aliphatic imine (C=N–C) groups is 1. The van der Waals surface area contributed by atoms with Gasteiger partial charge in [-0.15, -0.1) is 0 Å². The summed E-state index contributed by atoms with van der Waals surface area (Å²) in [5, 5.41) is 8.96. The van der Waals surface area contributed by atoms with E-state index < -0.39 is 0 Å². The summed E-state index contributed by atoms with van der Waals surface area (Å²) in [4.78, 5) is 16.2. The molecule has 0 aliphatic rings. The van der Waals surface area contributed by atoms with E-state index in [0.717, 1.165) is 23.5 Å². The van der Waals surface area contributed by atoms with Crippen LogP contribution in [0.1, 0.15) is 25.8 Å². The highest BCUT2D eigenvalue weighted by atomic mass is 16.5. The largest absolute Gasteiger partial charge is 0.497 e. The van der Waals surface area contributed by atoms with E-state index >= 15 is 0 Å². The highest BCUT2D eigenvalue weighted by Crippen LogP contribution is 2.25. The number of nitrogens with zero attached hydrogens (tertiary/aromatic N) is 1. The maximum absolute atomic E-state index is 11.7. The number of methoxy groups -OCH3 is 2. The van der Waals surface area contributed by atoms with Crippen molar-refractivity contribution in [2.75, 3.05) is 33.9 Å². The molecule has 1 amide bonds. The van der Waals surface area contributed by atoms with E-state index in [9.17, 15) is 4.79 Å². The summed E-state index contributed by atoms with van der Waals surface area (Å²) in [6, 6.07) is 5.61. The first kappa shape index (κ1) is 19.6. The van der Waals surface area contributed by atoms with Gasteiger partial charge in [-0.2, -0.15) is 0 Å². The number of ether oxygens (including phenoxy) is 2. The third-order valence-electron chi connectivity index (χ3n) is 3.23. The molecule has 24 heavy (non-hydrogen) atoms. The fourth-order valence-corrected chi connectivity index (χ4v) is 1.98. The van der Waals surface area contributed by atoms with E-state index in [1.807, 2.05) is 32.0 Å². The van der Waals surface area contributed by atoms with Crippen LogP contribution in [0.3, 0.4) is 0 Å². The highest BCUT2D eigenvalue weighted by Gasteiger charge is 2.06. The number of guanidine groups is 1. The first-order valence-electron chi connectivity index (χ1n) is 8.14. The Morgan fingerprint density at radius 1 is 1.12 bits per heavy atom. The van der Waals surface area contributed by atoms with Gasteiger partial charge in [-0.1, -0.05) is 6.92 Å². The minimum atomic E-state index is -0.0514. The van der Waals surface area contributed by atoms with Crippen molar-refractivity contribution in [3.05, 3.63) is 23.8 Å². The van der Waals surface area contributed by atoms with Gasteiger partial charge >= 0.3 is 0 Å². The lowest BCUT2D eigenvalue weighted by Gasteiger charge is -2.12. The van der Waals surface area contributed by atoms with Crippen LogP contribution >= 0.6 is 0 Å². The maximum Gasteiger partial charge on any atom is 0.239 e. The normalized spacial score (nSPS) is 10.9. The van der Waals surface area contributed by atoms with Crippen LogP contribution in [0.4, 0.5) is 0 Å². The zero-order valence-corrected chi connectivity index (χ0v) is 14.9. The van der Waals surface area contributed by atoms with Crippen molar-refractivity contribution in [1.82, 2.24) is 16.0 Å². The monoisotopic (exact) mass is 336 g/mol. The number of benzene rings is 1. The molecular weight excluding hydrogens is 308 g/mol. The van der Waals surface area contributed by atoms with Crippen molar-refractivity contribution < 1.29 is 14.3 Å². The van der Waals surface area contributed by atoms with Crippen LogP contribution in [0.2, 0.25) is 0 Å². The number of rotatable bonds is 9. The van der Waals surface area contributed by atoms with Gasteiger partial charge in [0.05, 0.1) is 27.3 Å². The van der Waals surface area contributed by atoms with Crippen LogP contribution in [0.15, 0.2) is 23.2 Å². The average Bonchev–Trinajstić information content (AvgIpc) is 2.61. The summed E-state index contributed by atoms with van der Waals surface area (Å²) in [5.41, 5.74) is 0.936. The van der Waals surface area contributed by atoms with Crippen LogP contribution in [0.5, 0.6) is 11.5 Å². The van der Waals surface area contributed by atoms with Gasteiger partial charge in [0.25, 0.3) is 0 Å². The minimum Gasteiger partial charge on any atom is -0.497 e. The molecule has 0 saturated carbocycles.